The molecule has 0 bridgehead atoms. The predicted octanol–water partition coefficient (Wildman–Crippen LogP) is -0.377. The Bertz CT molecular complexity index is 266. The van der Waals surface area contributed by atoms with Crippen molar-refractivity contribution in [3.8, 4) is 0 Å². The molecule has 17 heavy (non-hydrogen) atoms. The van der Waals surface area contributed by atoms with E-state index >= 15 is 0 Å². The lowest BCUT2D eigenvalue weighted by Crippen LogP contribution is -2.47. The summed E-state index contributed by atoms with van der Waals surface area (Å²) >= 11 is 0. The van der Waals surface area contributed by atoms with Crippen LogP contribution in [0.5, 0.6) is 0 Å². The minimum atomic E-state index is -0.874. The number of carbonyl (C=O) groups excluding carboxylic acids is 1. The largest absolute Gasteiger partial charge is 0.392 e. The summed E-state index contributed by atoms with van der Waals surface area (Å²) in [5.74, 6) is 0.235. The average Bonchev–Trinajstić information content (AvgIpc) is 2.59. The maximum atomic E-state index is 11.7. The zero-order valence-electron chi connectivity index (χ0n) is 10.9. The van der Waals surface area contributed by atoms with E-state index in [1.165, 1.54) is 0 Å². The molecule has 5 nitrogen and oxygen atoms in total. The van der Waals surface area contributed by atoms with Crippen molar-refractivity contribution in [2.75, 3.05) is 13.1 Å². The van der Waals surface area contributed by atoms with Crippen LogP contribution < -0.4 is 10.6 Å². The number of nitrogens with one attached hydrogen (secondary N) is 2. The minimum absolute atomic E-state index is 0.148. The number of β-amino-alcohol motifs (C(OH)–C–C–N with tert-alkyl or cyclic N) is 1. The fraction of sp³-hybridized carbons (Fsp3) is 0.917. The molecule has 1 aliphatic heterocycles. The van der Waals surface area contributed by atoms with Crippen LogP contribution in [0.2, 0.25) is 0 Å². The summed E-state index contributed by atoms with van der Waals surface area (Å²) in [5.41, 5.74) is -0.874. The molecule has 0 spiro atoms. The second-order valence-electron chi connectivity index (χ2n) is 5.66. The van der Waals surface area contributed by atoms with Crippen molar-refractivity contribution in [2.24, 2.45) is 5.92 Å². The molecule has 100 valence electrons. The van der Waals surface area contributed by atoms with Gasteiger partial charge in [0.1, 0.15) is 0 Å². The molecule has 3 atom stereocenters. The molecule has 1 aliphatic rings. The molecular weight excluding hydrogens is 220 g/mol. The summed E-state index contributed by atoms with van der Waals surface area (Å²) in [6.07, 6.45) is 0.647. The SMILES string of the molecule is CC(C)CC(C)(O)CNC(=O)C1CC(O)CN1. The zero-order valence-corrected chi connectivity index (χ0v) is 10.9. The molecule has 5 heteroatoms. The minimum Gasteiger partial charge on any atom is -0.392 e. The molecule has 1 fully saturated rings. The van der Waals surface area contributed by atoms with E-state index in [2.05, 4.69) is 10.6 Å². The lowest BCUT2D eigenvalue weighted by atomic mass is 9.94. The first-order chi connectivity index (χ1) is 7.80. The van der Waals surface area contributed by atoms with Gasteiger partial charge >= 0.3 is 0 Å². The lowest BCUT2D eigenvalue weighted by molar-refractivity contribution is -0.124. The number of rotatable bonds is 5. The van der Waals surface area contributed by atoms with Gasteiger partial charge in [-0.15, -0.1) is 0 Å². The van der Waals surface area contributed by atoms with Gasteiger partial charge in [0.2, 0.25) is 5.91 Å². The number of amides is 1. The Morgan fingerprint density at radius 3 is 2.71 bits per heavy atom. The van der Waals surface area contributed by atoms with E-state index in [4.69, 9.17) is 0 Å². The molecule has 0 aromatic heterocycles. The van der Waals surface area contributed by atoms with Crippen LogP contribution in [0.1, 0.15) is 33.6 Å². The van der Waals surface area contributed by atoms with Crippen molar-refractivity contribution in [3.63, 3.8) is 0 Å². The molecule has 1 heterocycles. The highest BCUT2D eigenvalue weighted by atomic mass is 16.3. The number of aliphatic hydroxyl groups is 2. The van der Waals surface area contributed by atoms with Gasteiger partial charge < -0.3 is 20.8 Å². The van der Waals surface area contributed by atoms with Crippen molar-refractivity contribution < 1.29 is 15.0 Å². The van der Waals surface area contributed by atoms with Gasteiger partial charge in [-0.2, -0.15) is 0 Å². The van der Waals surface area contributed by atoms with Gasteiger partial charge in [0.05, 0.1) is 17.7 Å². The molecule has 1 rings (SSSR count). The Morgan fingerprint density at radius 1 is 1.59 bits per heavy atom. The Labute approximate surface area is 103 Å². The maximum Gasteiger partial charge on any atom is 0.237 e. The van der Waals surface area contributed by atoms with Crippen molar-refractivity contribution >= 4 is 5.91 Å². The standard InChI is InChI=1S/C12H24N2O3/c1-8(2)5-12(3,17)7-14-11(16)10-4-9(15)6-13-10/h8-10,13,15,17H,4-7H2,1-3H3,(H,14,16). The molecule has 0 aromatic carbocycles. The van der Waals surface area contributed by atoms with Crippen molar-refractivity contribution in [3.05, 3.63) is 0 Å². The summed E-state index contributed by atoms with van der Waals surface area (Å²) < 4.78 is 0. The highest BCUT2D eigenvalue weighted by Gasteiger charge is 2.29. The van der Waals surface area contributed by atoms with Gasteiger partial charge in [0.25, 0.3) is 0 Å². The first kappa shape index (κ1) is 14.4. The van der Waals surface area contributed by atoms with E-state index in [-0.39, 0.29) is 18.5 Å². The van der Waals surface area contributed by atoms with Gasteiger partial charge in [-0.3, -0.25) is 4.79 Å². The van der Waals surface area contributed by atoms with Crippen molar-refractivity contribution in [1.29, 1.82) is 0 Å². The normalized spacial score (nSPS) is 28.1. The summed E-state index contributed by atoms with van der Waals surface area (Å²) in [4.78, 5) is 11.7. The average molecular weight is 244 g/mol. The monoisotopic (exact) mass is 244 g/mol. The van der Waals surface area contributed by atoms with E-state index in [0.717, 1.165) is 0 Å². The molecule has 0 aliphatic carbocycles. The molecule has 3 unspecified atom stereocenters. The van der Waals surface area contributed by atoms with Crippen LogP contribution >= 0.6 is 0 Å². The third kappa shape index (κ3) is 5.02. The van der Waals surface area contributed by atoms with Crippen LogP contribution in [-0.4, -0.2) is 47.0 Å². The van der Waals surface area contributed by atoms with Crippen molar-refractivity contribution in [2.45, 2.75) is 51.4 Å². The van der Waals surface area contributed by atoms with Crippen LogP contribution in [0.4, 0.5) is 0 Å². The molecule has 4 N–H and O–H groups in total. The van der Waals surface area contributed by atoms with Gasteiger partial charge in [-0.05, 0) is 25.7 Å². The molecular formula is C12H24N2O3. The van der Waals surface area contributed by atoms with Gasteiger partial charge in [0, 0.05) is 13.1 Å². The Balaban J connectivity index is 2.32. The second-order valence-corrected chi connectivity index (χ2v) is 5.66. The first-order valence-corrected chi connectivity index (χ1v) is 6.22. The molecule has 1 saturated heterocycles. The number of hydrogen-bond donors (Lipinski definition) is 4. The predicted molar refractivity (Wildman–Crippen MR) is 65.5 cm³/mol. The summed E-state index contributed by atoms with van der Waals surface area (Å²) in [6.45, 7) is 6.50. The van der Waals surface area contributed by atoms with E-state index in [1.807, 2.05) is 13.8 Å². The number of aliphatic hydroxyl groups excluding tert-OH is 1. The Kier molecular flexibility index (Phi) is 4.91. The van der Waals surface area contributed by atoms with E-state index in [1.54, 1.807) is 6.92 Å². The fourth-order valence-corrected chi connectivity index (χ4v) is 2.27. The zero-order chi connectivity index (χ0) is 13.1. The summed E-state index contributed by atoms with van der Waals surface area (Å²) in [5, 5.41) is 25.0. The fourth-order valence-electron chi connectivity index (χ4n) is 2.27. The second kappa shape index (κ2) is 5.80. The highest BCUT2D eigenvalue weighted by molar-refractivity contribution is 5.82. The van der Waals surface area contributed by atoms with Gasteiger partial charge in [0.15, 0.2) is 0 Å². The van der Waals surface area contributed by atoms with Crippen LogP contribution in [0.15, 0.2) is 0 Å². The van der Waals surface area contributed by atoms with Crippen LogP contribution in [-0.2, 0) is 4.79 Å². The Hall–Kier alpha value is -0.650. The van der Waals surface area contributed by atoms with E-state index in [0.29, 0.717) is 25.3 Å². The van der Waals surface area contributed by atoms with Gasteiger partial charge in [-0.1, -0.05) is 13.8 Å². The number of hydrogen-bond acceptors (Lipinski definition) is 4. The third-order valence-corrected chi connectivity index (χ3v) is 2.92. The Morgan fingerprint density at radius 2 is 2.24 bits per heavy atom. The van der Waals surface area contributed by atoms with Crippen LogP contribution in [0.25, 0.3) is 0 Å². The molecule has 0 radical (unpaired) electrons. The molecule has 0 aromatic rings. The van der Waals surface area contributed by atoms with E-state index in [9.17, 15) is 15.0 Å². The van der Waals surface area contributed by atoms with Gasteiger partial charge in [-0.25, -0.2) is 0 Å². The quantitative estimate of drug-likeness (QED) is 0.531. The van der Waals surface area contributed by atoms with Crippen LogP contribution in [0, 0.1) is 5.92 Å². The van der Waals surface area contributed by atoms with E-state index < -0.39 is 11.7 Å². The molecule has 1 amide bonds. The topological polar surface area (TPSA) is 81.6 Å². The third-order valence-electron chi connectivity index (χ3n) is 2.92. The van der Waals surface area contributed by atoms with Crippen molar-refractivity contribution in [1.82, 2.24) is 10.6 Å². The van der Waals surface area contributed by atoms with Crippen LogP contribution in [0.3, 0.4) is 0 Å². The smallest absolute Gasteiger partial charge is 0.237 e. The first-order valence-electron chi connectivity index (χ1n) is 6.22. The lowest BCUT2D eigenvalue weighted by Gasteiger charge is -2.26. The molecule has 0 saturated carbocycles. The maximum absolute atomic E-state index is 11.7. The summed E-state index contributed by atoms with van der Waals surface area (Å²) in [7, 11) is 0. The highest BCUT2D eigenvalue weighted by Crippen LogP contribution is 2.15. The number of carbonyl (C=O) groups is 1. The summed E-state index contributed by atoms with van der Waals surface area (Å²) in [6, 6.07) is -0.333.